The number of rotatable bonds is 5. The molecule has 2 aliphatic rings. The van der Waals surface area contributed by atoms with Gasteiger partial charge in [0, 0.05) is 42.6 Å². The van der Waals surface area contributed by atoms with Crippen LogP contribution in [0.1, 0.15) is 63.9 Å². The molecule has 0 radical (unpaired) electrons. The van der Waals surface area contributed by atoms with E-state index in [4.69, 9.17) is 28.2 Å². The topological polar surface area (TPSA) is 132 Å². The van der Waals surface area contributed by atoms with Gasteiger partial charge in [0.25, 0.3) is 6.02 Å². The van der Waals surface area contributed by atoms with Crippen molar-refractivity contribution in [1.82, 2.24) is 5.32 Å². The molecule has 36 heavy (non-hydrogen) atoms. The molecule has 0 aromatic heterocycles. The molecule has 2 amide bonds. The predicted molar refractivity (Wildman–Crippen MR) is 135 cm³/mol. The van der Waals surface area contributed by atoms with Crippen LogP contribution in [0.3, 0.4) is 0 Å². The second-order valence-electron chi connectivity index (χ2n) is 8.31. The molecule has 2 unspecified atom stereocenters. The quantitative estimate of drug-likeness (QED) is 0.178. The van der Waals surface area contributed by atoms with E-state index in [0.717, 1.165) is 17.8 Å². The first-order valence-corrected chi connectivity index (χ1v) is 11.8. The number of amidine groups is 1. The number of halogens is 4. The van der Waals surface area contributed by atoms with Gasteiger partial charge in [-0.1, -0.05) is 23.7 Å². The lowest BCUT2D eigenvalue weighted by molar-refractivity contribution is -0.136. The molecule has 12 heteroatoms. The first-order chi connectivity index (χ1) is 16.8. The van der Waals surface area contributed by atoms with Gasteiger partial charge in [-0.15, -0.1) is 6.58 Å². The van der Waals surface area contributed by atoms with E-state index in [9.17, 15) is 22.8 Å². The van der Waals surface area contributed by atoms with Crippen LogP contribution in [0.25, 0.3) is 0 Å². The fourth-order valence-electron chi connectivity index (χ4n) is 3.50. The molecule has 0 spiro atoms. The average molecular weight is 532 g/mol. The summed E-state index contributed by atoms with van der Waals surface area (Å²) in [7, 11) is 0. The maximum Gasteiger partial charge on any atom is 0.389 e. The lowest BCUT2D eigenvalue weighted by Gasteiger charge is -2.41. The zero-order valence-corrected chi connectivity index (χ0v) is 21.1. The van der Waals surface area contributed by atoms with E-state index < -0.39 is 24.5 Å². The summed E-state index contributed by atoms with van der Waals surface area (Å²) in [5.41, 5.74) is 6.66. The van der Waals surface area contributed by atoms with Gasteiger partial charge < -0.3 is 15.4 Å². The summed E-state index contributed by atoms with van der Waals surface area (Å²) in [6, 6.07) is 5.73. The van der Waals surface area contributed by atoms with Crippen molar-refractivity contribution in [3.63, 3.8) is 0 Å². The number of allylic oxidation sites excluding steroid dienone is 1. The van der Waals surface area contributed by atoms with E-state index in [1.165, 1.54) is 6.42 Å². The molecule has 2 aliphatic heterocycles. The zero-order chi connectivity index (χ0) is 27.5. The number of carbonyl (C=O) groups is 2. The molecule has 1 aromatic rings. The average Bonchev–Trinajstić information content (AvgIpc) is 2.73. The van der Waals surface area contributed by atoms with Crippen LogP contribution in [-0.4, -0.2) is 42.5 Å². The number of piperidine rings is 1. The second-order valence-corrected chi connectivity index (χ2v) is 8.71. The highest BCUT2D eigenvalue weighted by atomic mass is 35.5. The number of imide groups is 1. The largest absolute Gasteiger partial charge is 0.412 e. The minimum atomic E-state index is -4.21. The summed E-state index contributed by atoms with van der Waals surface area (Å²) in [6.07, 6.45) is -1.71. The number of ether oxygens (including phenoxy) is 1. The number of alkyl halides is 3. The Labute approximate surface area is 214 Å². The summed E-state index contributed by atoms with van der Waals surface area (Å²) in [5, 5.41) is 16.5. The van der Waals surface area contributed by atoms with Gasteiger partial charge in [0.2, 0.25) is 11.8 Å². The standard InChI is InChI=1S/C15H17ClN2O2.C6H10F3N3O.C3H6/c1-9-6-7-18(9)10-2-3-11(13(16)8-10)12-4-5-14(19)17-15(12)20;7-6(8,9)3-1-2-4(10)13-5(11)12;1-3-2/h2-3,8-9,12H,4-7H2,1H3,(H,17,19,20);10H,1-3H2,(H3,11,12);3H,1H2,2H3. The Morgan fingerprint density at radius 3 is 2.42 bits per heavy atom. The van der Waals surface area contributed by atoms with Crippen LogP contribution in [0.2, 0.25) is 5.02 Å². The number of benzene rings is 1. The van der Waals surface area contributed by atoms with Crippen LogP contribution >= 0.6 is 11.6 Å². The molecule has 5 N–H and O–H groups in total. The first kappa shape index (κ1) is 31.0. The van der Waals surface area contributed by atoms with Gasteiger partial charge in [0.05, 0.1) is 5.92 Å². The van der Waals surface area contributed by atoms with Gasteiger partial charge in [-0.25, -0.2) is 0 Å². The molecule has 0 aliphatic carbocycles. The number of nitrogens with zero attached hydrogens (tertiary/aromatic N) is 1. The summed E-state index contributed by atoms with van der Waals surface area (Å²) < 4.78 is 39.0. The first-order valence-electron chi connectivity index (χ1n) is 11.4. The molecule has 0 saturated carbocycles. The summed E-state index contributed by atoms with van der Waals surface area (Å²) in [4.78, 5) is 25.4. The number of amides is 2. The molecule has 2 atom stereocenters. The lowest BCUT2D eigenvalue weighted by atomic mass is 9.90. The Balaban J connectivity index is 0.000000352. The fraction of sp³-hybridized carbons (Fsp3) is 0.500. The lowest BCUT2D eigenvalue weighted by Crippen LogP contribution is -2.45. The third-order valence-corrected chi connectivity index (χ3v) is 5.67. The Morgan fingerprint density at radius 2 is 1.97 bits per heavy atom. The number of anilines is 1. The van der Waals surface area contributed by atoms with Crippen LogP contribution < -0.4 is 16.0 Å². The van der Waals surface area contributed by atoms with Crippen molar-refractivity contribution in [3.05, 3.63) is 41.4 Å². The van der Waals surface area contributed by atoms with Crippen LogP contribution in [0.5, 0.6) is 0 Å². The van der Waals surface area contributed by atoms with E-state index in [2.05, 4.69) is 28.5 Å². The zero-order valence-electron chi connectivity index (χ0n) is 20.4. The number of nitrogens with one attached hydrogen (secondary N) is 3. The molecule has 0 bridgehead atoms. The number of nitrogens with two attached hydrogens (primary N) is 1. The van der Waals surface area contributed by atoms with E-state index in [0.29, 0.717) is 23.9 Å². The van der Waals surface area contributed by atoms with Gasteiger partial charge in [0.1, 0.15) is 0 Å². The van der Waals surface area contributed by atoms with Crippen LogP contribution in [0, 0.1) is 10.8 Å². The molecule has 200 valence electrons. The van der Waals surface area contributed by atoms with Crippen LogP contribution in [-0.2, 0) is 14.3 Å². The van der Waals surface area contributed by atoms with Crippen molar-refractivity contribution in [2.24, 2.45) is 5.73 Å². The van der Waals surface area contributed by atoms with Gasteiger partial charge in [0.15, 0.2) is 5.90 Å². The Bertz CT molecular complexity index is 955. The fourth-order valence-corrected chi connectivity index (χ4v) is 3.81. The maximum absolute atomic E-state index is 11.9. The van der Waals surface area contributed by atoms with E-state index >= 15 is 0 Å². The van der Waals surface area contributed by atoms with Gasteiger partial charge in [-0.05, 0) is 50.8 Å². The van der Waals surface area contributed by atoms with E-state index in [-0.39, 0.29) is 30.6 Å². The van der Waals surface area contributed by atoms with Crippen molar-refractivity contribution in [2.45, 2.75) is 70.5 Å². The highest BCUT2D eigenvalue weighted by Crippen LogP contribution is 2.35. The van der Waals surface area contributed by atoms with Gasteiger partial charge in [-0.2, -0.15) is 13.2 Å². The molecule has 2 saturated heterocycles. The monoisotopic (exact) mass is 531 g/mol. The van der Waals surface area contributed by atoms with Crippen LogP contribution in [0.4, 0.5) is 18.9 Å². The van der Waals surface area contributed by atoms with E-state index in [1.54, 1.807) is 6.08 Å². The molecule has 8 nitrogen and oxygen atoms in total. The van der Waals surface area contributed by atoms with Gasteiger partial charge in [-0.3, -0.25) is 25.7 Å². The van der Waals surface area contributed by atoms with Crippen LogP contribution in [0.15, 0.2) is 30.9 Å². The number of hydrogen-bond donors (Lipinski definition) is 4. The van der Waals surface area contributed by atoms with Crippen molar-refractivity contribution < 1.29 is 27.5 Å². The maximum atomic E-state index is 11.9. The molecule has 1 aromatic carbocycles. The van der Waals surface area contributed by atoms with Gasteiger partial charge >= 0.3 is 6.18 Å². The van der Waals surface area contributed by atoms with Crippen molar-refractivity contribution in [2.75, 3.05) is 11.4 Å². The molecule has 2 heterocycles. The molecule has 2 fully saturated rings. The SMILES string of the molecule is C=CC.CC1CCN1c1ccc(C2CCC(=O)NC2=O)c(Cl)c1.N=C(N)OC(=N)CCCC(F)(F)F. The number of carbonyl (C=O) groups excluding carboxylic acids is 2. The molecular weight excluding hydrogens is 499 g/mol. The summed E-state index contributed by atoms with van der Waals surface area (Å²) >= 11 is 6.35. The normalized spacial score (nSPS) is 18.9. The summed E-state index contributed by atoms with van der Waals surface area (Å²) in [5.74, 6) is -1.18. The third-order valence-electron chi connectivity index (χ3n) is 5.35. The second kappa shape index (κ2) is 14.5. The molecular formula is C24H33ClF3N5O3. The highest BCUT2D eigenvalue weighted by molar-refractivity contribution is 6.32. The summed E-state index contributed by atoms with van der Waals surface area (Å²) in [6.45, 7) is 8.49. The Kier molecular flexibility index (Phi) is 12.4. The minimum absolute atomic E-state index is 0.168. The van der Waals surface area contributed by atoms with E-state index in [1.807, 2.05) is 25.1 Å². The van der Waals surface area contributed by atoms with Crippen molar-refractivity contribution in [1.29, 1.82) is 10.8 Å². The minimum Gasteiger partial charge on any atom is -0.412 e. The highest BCUT2D eigenvalue weighted by Gasteiger charge is 2.30. The smallest absolute Gasteiger partial charge is 0.389 e. The van der Waals surface area contributed by atoms with Crippen molar-refractivity contribution in [3.8, 4) is 0 Å². The number of hydrogen-bond acceptors (Lipinski definition) is 6. The third kappa shape index (κ3) is 10.7. The molecule has 3 rings (SSSR count). The van der Waals surface area contributed by atoms with Crippen molar-refractivity contribution >= 4 is 41.0 Å². The Morgan fingerprint density at radius 1 is 1.33 bits per heavy atom. The predicted octanol–water partition coefficient (Wildman–Crippen LogP) is 5.26. The Hall–Kier alpha value is -3.08.